The Morgan fingerprint density at radius 3 is 1.32 bits per heavy atom. The van der Waals surface area contributed by atoms with Crippen molar-refractivity contribution in [3.63, 3.8) is 0 Å². The minimum atomic E-state index is 0.490. The van der Waals surface area contributed by atoms with Gasteiger partial charge in [-0.25, -0.2) is 0 Å². The molecule has 0 unspecified atom stereocenters. The smallest absolute Gasteiger partial charge is 0.0607 e. The van der Waals surface area contributed by atoms with E-state index >= 15 is 0 Å². The summed E-state index contributed by atoms with van der Waals surface area (Å²) in [4.78, 5) is 0. The monoisotopic (exact) mass is 314 g/mol. The zero-order chi connectivity index (χ0) is 14.6. The molecule has 0 fully saturated rings. The van der Waals surface area contributed by atoms with Crippen molar-refractivity contribution in [3.8, 4) is 0 Å². The van der Waals surface area contributed by atoms with Gasteiger partial charge in [0.25, 0.3) is 0 Å². The third-order valence-corrected chi connectivity index (χ3v) is 3.97. The first-order valence-electron chi connectivity index (χ1n) is 5.96. The molecule has 0 spiro atoms. The molecule has 0 amide bonds. The summed E-state index contributed by atoms with van der Waals surface area (Å²) in [5.74, 6) is 0. The van der Waals surface area contributed by atoms with Crippen LogP contribution in [0.3, 0.4) is 0 Å². The number of benzene rings is 2. The Hall–Kier alpha value is -0.690. The third kappa shape index (κ3) is 5.06. The average molecular weight is 316 g/mol. The van der Waals surface area contributed by atoms with Crippen molar-refractivity contribution in [2.75, 3.05) is 0 Å². The van der Waals surface area contributed by atoms with Gasteiger partial charge in [-0.2, -0.15) is 0 Å². The number of rotatable bonds is 0. The lowest BCUT2D eigenvalue weighted by atomic mass is 10.0. The fourth-order valence-corrected chi connectivity index (χ4v) is 2.10. The fourth-order valence-electron chi connectivity index (χ4n) is 1.58. The van der Waals surface area contributed by atoms with Crippen LogP contribution in [-0.2, 0) is 0 Å². The molecule has 0 aliphatic carbocycles. The van der Waals surface area contributed by atoms with Crippen molar-refractivity contribution in [3.05, 3.63) is 67.7 Å². The summed E-state index contributed by atoms with van der Waals surface area (Å²) in [5, 5.41) is 1.62. The minimum absolute atomic E-state index is 0.490. The highest BCUT2D eigenvalue weighted by molar-refractivity contribution is 6.43. The average Bonchev–Trinajstić information content (AvgIpc) is 2.33. The van der Waals surface area contributed by atoms with Crippen LogP contribution in [0.15, 0.2) is 30.3 Å². The molecule has 0 N–H and O–H groups in total. The molecular formula is C16H17Cl3. The highest BCUT2D eigenvalue weighted by atomic mass is 35.5. The Labute approximate surface area is 130 Å². The molecule has 0 aliphatic heterocycles. The summed E-state index contributed by atoms with van der Waals surface area (Å²) in [7, 11) is 0. The summed E-state index contributed by atoms with van der Waals surface area (Å²) < 4.78 is 0. The molecule has 0 bridgehead atoms. The molecule has 0 atom stereocenters. The first-order valence-corrected chi connectivity index (χ1v) is 7.09. The van der Waals surface area contributed by atoms with Gasteiger partial charge < -0.3 is 0 Å². The molecule has 0 heterocycles. The molecule has 3 heteroatoms. The zero-order valence-electron chi connectivity index (χ0n) is 11.5. The molecule has 0 nitrogen and oxygen atoms in total. The van der Waals surface area contributed by atoms with E-state index in [-0.39, 0.29) is 0 Å². The standard InChI is InChI=1S/C10H14.C6H3Cl3/c1-7-5-9(3)10(4)6-8(7)2;7-4-1-2-5(8)6(9)3-4/h5-6H,1-4H3;1-3H. The Morgan fingerprint density at radius 1 is 0.579 bits per heavy atom. The number of hydrogen-bond donors (Lipinski definition) is 0. The van der Waals surface area contributed by atoms with Crippen LogP contribution in [-0.4, -0.2) is 0 Å². The molecule has 0 aromatic heterocycles. The van der Waals surface area contributed by atoms with E-state index in [1.807, 2.05) is 0 Å². The summed E-state index contributed by atoms with van der Waals surface area (Å²) in [6, 6.07) is 9.43. The summed E-state index contributed by atoms with van der Waals surface area (Å²) in [5.41, 5.74) is 5.57. The molecule has 2 aromatic carbocycles. The Morgan fingerprint density at radius 2 is 1.00 bits per heavy atom. The largest absolute Gasteiger partial charge is 0.0843 e. The van der Waals surface area contributed by atoms with Crippen LogP contribution < -0.4 is 0 Å². The minimum Gasteiger partial charge on any atom is -0.0843 e. The normalized spacial score (nSPS) is 9.84. The first-order chi connectivity index (χ1) is 8.81. The molecule has 19 heavy (non-hydrogen) atoms. The van der Waals surface area contributed by atoms with E-state index in [9.17, 15) is 0 Å². The maximum atomic E-state index is 5.60. The lowest BCUT2D eigenvalue weighted by molar-refractivity contribution is 1.24. The zero-order valence-corrected chi connectivity index (χ0v) is 13.8. The molecular weight excluding hydrogens is 299 g/mol. The van der Waals surface area contributed by atoms with Gasteiger partial charge >= 0.3 is 0 Å². The number of hydrogen-bond acceptors (Lipinski definition) is 0. The SMILES string of the molecule is Cc1cc(C)c(C)cc1C.Clc1ccc(Cl)c(Cl)c1. The molecule has 0 saturated carbocycles. The van der Waals surface area contributed by atoms with E-state index in [1.54, 1.807) is 18.2 Å². The van der Waals surface area contributed by atoms with E-state index in [0.717, 1.165) is 0 Å². The predicted octanol–water partition coefficient (Wildman–Crippen LogP) is 6.57. The van der Waals surface area contributed by atoms with Crippen molar-refractivity contribution in [2.24, 2.45) is 0 Å². The van der Waals surface area contributed by atoms with E-state index < -0.39 is 0 Å². The van der Waals surface area contributed by atoms with Crippen molar-refractivity contribution in [1.82, 2.24) is 0 Å². The van der Waals surface area contributed by atoms with Gasteiger partial charge in [0.1, 0.15) is 0 Å². The number of aryl methyl sites for hydroxylation is 4. The summed E-state index contributed by atoms with van der Waals surface area (Å²) in [6.07, 6.45) is 0. The lowest BCUT2D eigenvalue weighted by Gasteiger charge is -2.04. The van der Waals surface area contributed by atoms with Crippen LogP contribution in [0, 0.1) is 27.7 Å². The second-order valence-corrected chi connectivity index (χ2v) is 5.83. The molecule has 0 saturated heterocycles. The van der Waals surface area contributed by atoms with Crippen molar-refractivity contribution >= 4 is 34.8 Å². The van der Waals surface area contributed by atoms with Crippen LogP contribution >= 0.6 is 34.8 Å². The number of halogens is 3. The second-order valence-electron chi connectivity index (χ2n) is 4.58. The van der Waals surface area contributed by atoms with Crippen molar-refractivity contribution in [2.45, 2.75) is 27.7 Å². The Balaban J connectivity index is 0.000000191. The van der Waals surface area contributed by atoms with Crippen molar-refractivity contribution in [1.29, 1.82) is 0 Å². The Bertz CT molecular complexity index is 524. The quantitative estimate of drug-likeness (QED) is 0.482. The van der Waals surface area contributed by atoms with Crippen LogP contribution in [0.4, 0.5) is 0 Å². The van der Waals surface area contributed by atoms with Gasteiger partial charge in [-0.3, -0.25) is 0 Å². The second kappa shape index (κ2) is 7.19. The predicted molar refractivity (Wildman–Crippen MR) is 86.9 cm³/mol. The highest BCUT2D eigenvalue weighted by Gasteiger charge is 1.95. The van der Waals surface area contributed by atoms with E-state index in [2.05, 4.69) is 39.8 Å². The maximum Gasteiger partial charge on any atom is 0.0607 e. The van der Waals surface area contributed by atoms with Gasteiger partial charge in [-0.05, 0) is 68.1 Å². The van der Waals surface area contributed by atoms with Crippen LogP contribution in [0.1, 0.15) is 22.3 Å². The molecule has 0 aliphatic rings. The van der Waals surface area contributed by atoms with E-state index in [4.69, 9.17) is 34.8 Å². The van der Waals surface area contributed by atoms with Gasteiger partial charge in [0.2, 0.25) is 0 Å². The van der Waals surface area contributed by atoms with Crippen LogP contribution in [0.25, 0.3) is 0 Å². The van der Waals surface area contributed by atoms with Crippen LogP contribution in [0.5, 0.6) is 0 Å². The van der Waals surface area contributed by atoms with Gasteiger partial charge in [0, 0.05) is 5.02 Å². The van der Waals surface area contributed by atoms with Gasteiger partial charge in [-0.15, -0.1) is 0 Å². The first kappa shape index (κ1) is 16.4. The van der Waals surface area contributed by atoms with E-state index in [0.29, 0.717) is 15.1 Å². The van der Waals surface area contributed by atoms with Gasteiger partial charge in [0.15, 0.2) is 0 Å². The van der Waals surface area contributed by atoms with Crippen molar-refractivity contribution < 1.29 is 0 Å². The van der Waals surface area contributed by atoms with Crippen LogP contribution in [0.2, 0.25) is 15.1 Å². The molecule has 0 radical (unpaired) electrons. The van der Waals surface area contributed by atoms with Gasteiger partial charge in [-0.1, -0.05) is 46.9 Å². The Kier molecular flexibility index (Phi) is 6.19. The lowest BCUT2D eigenvalue weighted by Crippen LogP contribution is -1.86. The molecule has 2 aromatic rings. The molecule has 102 valence electrons. The summed E-state index contributed by atoms with van der Waals surface area (Å²) >= 11 is 16.8. The highest BCUT2D eigenvalue weighted by Crippen LogP contribution is 2.24. The maximum absolute atomic E-state index is 5.60. The summed E-state index contributed by atoms with van der Waals surface area (Å²) in [6.45, 7) is 8.62. The third-order valence-electron chi connectivity index (χ3n) is 2.99. The fraction of sp³-hybridized carbons (Fsp3) is 0.250. The topological polar surface area (TPSA) is 0 Å². The van der Waals surface area contributed by atoms with E-state index in [1.165, 1.54) is 22.3 Å². The van der Waals surface area contributed by atoms with Gasteiger partial charge in [0.05, 0.1) is 10.0 Å². The molecule has 2 rings (SSSR count).